The van der Waals surface area contributed by atoms with E-state index in [-0.39, 0.29) is 17.8 Å². The lowest BCUT2D eigenvalue weighted by molar-refractivity contribution is 0.102. The van der Waals surface area contributed by atoms with Gasteiger partial charge in [-0.1, -0.05) is 30.3 Å². The first-order valence-corrected chi connectivity index (χ1v) is 10.8. The SMILES string of the molecule is COc1ccccc1C(=O)Nc1cc(C)ccc1N1CCCN(Cc2ccc(F)cc2)C1=O. The van der Waals surface area contributed by atoms with Gasteiger partial charge in [-0.2, -0.15) is 0 Å². The smallest absolute Gasteiger partial charge is 0.324 e. The highest BCUT2D eigenvalue weighted by Crippen LogP contribution is 2.31. The third-order valence-electron chi connectivity index (χ3n) is 5.64. The van der Waals surface area contributed by atoms with Crippen LogP contribution in [0.5, 0.6) is 5.75 Å². The molecule has 0 bridgehead atoms. The number of methoxy groups -OCH3 is 1. The van der Waals surface area contributed by atoms with Gasteiger partial charge in [-0.25, -0.2) is 9.18 Å². The second-order valence-electron chi connectivity index (χ2n) is 8.01. The van der Waals surface area contributed by atoms with Crippen LogP contribution in [0, 0.1) is 12.7 Å². The van der Waals surface area contributed by atoms with Crippen molar-refractivity contribution >= 4 is 23.3 Å². The number of halogens is 1. The normalized spacial score (nSPS) is 13.7. The van der Waals surface area contributed by atoms with E-state index in [0.29, 0.717) is 42.3 Å². The summed E-state index contributed by atoms with van der Waals surface area (Å²) in [5.41, 5.74) is 3.43. The van der Waals surface area contributed by atoms with Crippen molar-refractivity contribution in [1.82, 2.24) is 4.90 Å². The minimum atomic E-state index is -0.313. The molecule has 1 N–H and O–H groups in total. The first-order chi connectivity index (χ1) is 16.0. The Labute approximate surface area is 192 Å². The molecule has 4 rings (SSSR count). The molecule has 1 aliphatic heterocycles. The van der Waals surface area contributed by atoms with Gasteiger partial charge < -0.3 is 15.0 Å². The summed E-state index contributed by atoms with van der Waals surface area (Å²) < 4.78 is 18.6. The van der Waals surface area contributed by atoms with E-state index in [1.807, 2.05) is 25.1 Å². The monoisotopic (exact) mass is 447 g/mol. The number of carbonyl (C=O) groups excluding carboxylic acids is 2. The number of aryl methyl sites for hydroxylation is 1. The number of rotatable bonds is 6. The maximum atomic E-state index is 13.3. The fraction of sp³-hybridized carbons (Fsp3) is 0.231. The van der Waals surface area contributed by atoms with Crippen LogP contribution in [0.3, 0.4) is 0 Å². The largest absolute Gasteiger partial charge is 0.496 e. The molecule has 1 fully saturated rings. The summed E-state index contributed by atoms with van der Waals surface area (Å²) in [6.45, 7) is 3.48. The van der Waals surface area contributed by atoms with Crippen LogP contribution in [0.4, 0.5) is 20.6 Å². The van der Waals surface area contributed by atoms with E-state index >= 15 is 0 Å². The standard InChI is InChI=1S/C26H26FN3O3/c1-18-8-13-23(22(16-18)28-25(31)21-6-3-4-7-24(21)33-2)30-15-5-14-29(26(30)32)17-19-9-11-20(27)12-10-19/h3-4,6-13,16H,5,14-15,17H2,1-2H3,(H,28,31). The maximum Gasteiger partial charge on any atom is 0.324 e. The van der Waals surface area contributed by atoms with Crippen molar-refractivity contribution in [3.8, 4) is 5.75 Å². The number of ether oxygens (including phenoxy) is 1. The number of nitrogens with zero attached hydrogens (tertiary/aromatic N) is 2. The molecule has 1 aliphatic rings. The molecule has 3 aromatic carbocycles. The predicted octanol–water partition coefficient (Wildman–Crippen LogP) is 5.23. The summed E-state index contributed by atoms with van der Waals surface area (Å²) in [5, 5.41) is 2.96. The van der Waals surface area contributed by atoms with Crippen molar-refractivity contribution < 1.29 is 18.7 Å². The Balaban J connectivity index is 1.59. The topological polar surface area (TPSA) is 61.9 Å². The molecule has 0 aliphatic carbocycles. The summed E-state index contributed by atoms with van der Waals surface area (Å²) in [5.74, 6) is -0.143. The lowest BCUT2D eigenvalue weighted by Gasteiger charge is -2.36. The van der Waals surface area contributed by atoms with Crippen molar-refractivity contribution in [2.45, 2.75) is 19.9 Å². The molecule has 0 spiro atoms. The summed E-state index contributed by atoms with van der Waals surface area (Å²) in [6.07, 6.45) is 0.778. The van der Waals surface area contributed by atoms with Crippen LogP contribution in [0.1, 0.15) is 27.9 Å². The number of carbonyl (C=O) groups is 2. The van der Waals surface area contributed by atoms with Crippen molar-refractivity contribution in [1.29, 1.82) is 0 Å². The number of hydrogen-bond donors (Lipinski definition) is 1. The van der Waals surface area contributed by atoms with E-state index in [2.05, 4.69) is 5.32 Å². The number of hydrogen-bond acceptors (Lipinski definition) is 3. The Kier molecular flexibility index (Phi) is 6.58. The lowest BCUT2D eigenvalue weighted by atomic mass is 10.1. The van der Waals surface area contributed by atoms with Crippen molar-refractivity contribution in [2.75, 3.05) is 30.4 Å². The van der Waals surface area contributed by atoms with Gasteiger partial charge in [-0.15, -0.1) is 0 Å². The third kappa shape index (κ3) is 4.98. The molecule has 6 nitrogen and oxygen atoms in total. The molecular weight excluding hydrogens is 421 g/mol. The minimum absolute atomic E-state index is 0.151. The van der Waals surface area contributed by atoms with E-state index < -0.39 is 0 Å². The minimum Gasteiger partial charge on any atom is -0.496 e. The zero-order valence-electron chi connectivity index (χ0n) is 18.7. The van der Waals surface area contributed by atoms with Gasteiger partial charge in [-0.05, 0) is 60.9 Å². The molecule has 0 radical (unpaired) electrons. The van der Waals surface area contributed by atoms with Crippen molar-refractivity contribution in [2.24, 2.45) is 0 Å². The molecule has 33 heavy (non-hydrogen) atoms. The van der Waals surface area contributed by atoms with Gasteiger partial charge in [0, 0.05) is 19.6 Å². The Morgan fingerprint density at radius 2 is 1.82 bits per heavy atom. The van der Waals surface area contributed by atoms with Crippen LogP contribution >= 0.6 is 0 Å². The highest BCUT2D eigenvalue weighted by Gasteiger charge is 2.29. The van der Waals surface area contributed by atoms with Crippen LogP contribution < -0.4 is 15.0 Å². The van der Waals surface area contributed by atoms with E-state index in [9.17, 15) is 14.0 Å². The number of nitrogens with one attached hydrogen (secondary N) is 1. The van der Waals surface area contributed by atoms with Crippen molar-refractivity contribution in [3.05, 3.63) is 89.2 Å². The molecule has 0 atom stereocenters. The second kappa shape index (κ2) is 9.73. The van der Waals surface area contributed by atoms with E-state index in [4.69, 9.17) is 4.74 Å². The van der Waals surface area contributed by atoms with Crippen LogP contribution in [0.2, 0.25) is 0 Å². The van der Waals surface area contributed by atoms with Crippen LogP contribution in [-0.2, 0) is 6.54 Å². The summed E-state index contributed by atoms with van der Waals surface area (Å²) >= 11 is 0. The molecule has 3 amide bonds. The number of benzene rings is 3. The van der Waals surface area contributed by atoms with Crippen molar-refractivity contribution in [3.63, 3.8) is 0 Å². The second-order valence-corrected chi connectivity index (χ2v) is 8.01. The molecule has 0 unspecified atom stereocenters. The maximum absolute atomic E-state index is 13.3. The summed E-state index contributed by atoms with van der Waals surface area (Å²) in [4.78, 5) is 29.8. The fourth-order valence-electron chi connectivity index (χ4n) is 3.97. The van der Waals surface area contributed by atoms with Gasteiger partial charge in [0.1, 0.15) is 11.6 Å². The molecule has 7 heteroatoms. The van der Waals surface area contributed by atoms with Gasteiger partial charge in [0.2, 0.25) is 0 Å². The van der Waals surface area contributed by atoms with Crippen LogP contribution in [0.15, 0.2) is 66.7 Å². The third-order valence-corrected chi connectivity index (χ3v) is 5.64. The average molecular weight is 448 g/mol. The van der Waals surface area contributed by atoms with E-state index in [1.165, 1.54) is 19.2 Å². The Bertz CT molecular complexity index is 1160. The highest BCUT2D eigenvalue weighted by molar-refractivity contribution is 6.09. The Morgan fingerprint density at radius 1 is 1.06 bits per heavy atom. The zero-order chi connectivity index (χ0) is 23.4. The molecule has 0 aromatic heterocycles. The molecule has 170 valence electrons. The zero-order valence-corrected chi connectivity index (χ0v) is 18.7. The number of para-hydroxylation sites is 1. The number of urea groups is 1. The first kappa shape index (κ1) is 22.3. The van der Waals surface area contributed by atoms with Gasteiger partial charge in [0.05, 0.1) is 24.0 Å². The van der Waals surface area contributed by atoms with Gasteiger partial charge >= 0.3 is 6.03 Å². The Morgan fingerprint density at radius 3 is 2.58 bits per heavy atom. The lowest BCUT2D eigenvalue weighted by Crippen LogP contribution is -2.49. The van der Waals surface area contributed by atoms with Gasteiger partial charge in [-0.3, -0.25) is 9.69 Å². The Hall–Kier alpha value is -3.87. The van der Waals surface area contributed by atoms with Crippen LogP contribution in [-0.4, -0.2) is 37.0 Å². The van der Waals surface area contributed by atoms with Gasteiger partial charge in [0.25, 0.3) is 5.91 Å². The summed E-state index contributed by atoms with van der Waals surface area (Å²) in [6, 6.07) is 18.6. The number of amides is 3. The quantitative estimate of drug-likeness (QED) is 0.563. The molecule has 1 saturated heterocycles. The first-order valence-electron chi connectivity index (χ1n) is 10.8. The highest BCUT2D eigenvalue weighted by atomic mass is 19.1. The number of anilines is 2. The predicted molar refractivity (Wildman–Crippen MR) is 126 cm³/mol. The average Bonchev–Trinajstić information content (AvgIpc) is 2.82. The molecular formula is C26H26FN3O3. The van der Waals surface area contributed by atoms with E-state index in [1.54, 1.807) is 46.2 Å². The van der Waals surface area contributed by atoms with Crippen LogP contribution in [0.25, 0.3) is 0 Å². The molecule has 1 heterocycles. The fourth-order valence-corrected chi connectivity index (χ4v) is 3.97. The van der Waals surface area contributed by atoms with Gasteiger partial charge in [0.15, 0.2) is 0 Å². The van der Waals surface area contributed by atoms with E-state index in [0.717, 1.165) is 17.5 Å². The molecule has 0 saturated carbocycles. The summed E-state index contributed by atoms with van der Waals surface area (Å²) in [7, 11) is 1.52. The molecule has 3 aromatic rings.